The minimum atomic E-state index is 0.326. The number of hydrogen-bond donors (Lipinski definition) is 3. The Labute approximate surface area is 115 Å². The van der Waals surface area contributed by atoms with Crippen molar-refractivity contribution in [3.63, 3.8) is 0 Å². The monoisotopic (exact) mass is 263 g/mol. The molecule has 0 aromatic carbocycles. The van der Waals surface area contributed by atoms with Gasteiger partial charge in [-0.25, -0.2) is 0 Å². The molecule has 0 spiro atoms. The van der Waals surface area contributed by atoms with Crippen LogP contribution in [0.15, 0.2) is 6.07 Å². The maximum atomic E-state index is 5.76. The Balaban J connectivity index is 2.00. The highest BCUT2D eigenvalue weighted by atomic mass is 15.1. The topological polar surface area (TPSA) is 75.9 Å². The second kappa shape index (κ2) is 6.59. The van der Waals surface area contributed by atoms with E-state index >= 15 is 0 Å². The lowest BCUT2D eigenvalue weighted by Gasteiger charge is -2.28. The number of nitrogens with zero attached hydrogens (tertiary/aromatic N) is 2. The molecule has 2 unspecified atom stereocenters. The van der Waals surface area contributed by atoms with Crippen molar-refractivity contribution in [3.05, 3.63) is 6.07 Å². The standard InChI is InChI=1S/C14H25N5/c1-3-7-16-12-9-13(19-14(15)18-12)17-11-6-4-5-10(2)8-11/h9-11H,3-8H2,1-2H3,(H4,15,16,17,18,19). The minimum absolute atomic E-state index is 0.326. The number of nitrogen functional groups attached to an aromatic ring is 1. The molecule has 106 valence electrons. The van der Waals surface area contributed by atoms with Gasteiger partial charge in [-0.3, -0.25) is 0 Å². The summed E-state index contributed by atoms with van der Waals surface area (Å²) in [5.74, 6) is 2.77. The summed E-state index contributed by atoms with van der Waals surface area (Å²) in [5, 5.41) is 6.75. The predicted octanol–water partition coefficient (Wildman–Crippen LogP) is 2.87. The van der Waals surface area contributed by atoms with Gasteiger partial charge in [0.15, 0.2) is 0 Å². The molecule has 5 nitrogen and oxygen atoms in total. The summed E-state index contributed by atoms with van der Waals surface area (Å²) in [5.41, 5.74) is 5.76. The van der Waals surface area contributed by atoms with Crippen molar-refractivity contribution in [3.8, 4) is 0 Å². The Hall–Kier alpha value is -1.52. The second-order valence-electron chi connectivity index (χ2n) is 5.54. The number of nitrogens with two attached hydrogens (primary N) is 1. The maximum absolute atomic E-state index is 5.76. The largest absolute Gasteiger partial charge is 0.370 e. The molecular weight excluding hydrogens is 238 g/mol. The summed E-state index contributed by atoms with van der Waals surface area (Å²) >= 11 is 0. The molecule has 1 aromatic heterocycles. The van der Waals surface area contributed by atoms with Gasteiger partial charge in [0, 0.05) is 18.7 Å². The van der Waals surface area contributed by atoms with E-state index in [1.807, 2.05) is 6.07 Å². The van der Waals surface area contributed by atoms with E-state index in [1.54, 1.807) is 0 Å². The van der Waals surface area contributed by atoms with Gasteiger partial charge in [0.25, 0.3) is 0 Å². The van der Waals surface area contributed by atoms with Gasteiger partial charge in [0.1, 0.15) is 11.6 Å². The highest BCUT2D eigenvalue weighted by Crippen LogP contribution is 2.26. The molecule has 0 saturated heterocycles. The Morgan fingerprint density at radius 2 is 2.11 bits per heavy atom. The van der Waals surface area contributed by atoms with Crippen LogP contribution < -0.4 is 16.4 Å². The molecular formula is C14H25N5. The molecule has 1 saturated carbocycles. The third-order valence-electron chi connectivity index (χ3n) is 3.59. The molecule has 1 aliphatic rings. The summed E-state index contributed by atoms with van der Waals surface area (Å²) in [6.45, 7) is 5.34. The number of rotatable bonds is 5. The van der Waals surface area contributed by atoms with Gasteiger partial charge in [-0.15, -0.1) is 0 Å². The summed E-state index contributed by atoms with van der Waals surface area (Å²) in [4.78, 5) is 8.47. The fourth-order valence-electron chi connectivity index (χ4n) is 2.66. The van der Waals surface area contributed by atoms with Gasteiger partial charge in [-0.2, -0.15) is 9.97 Å². The molecule has 0 aliphatic heterocycles. The van der Waals surface area contributed by atoms with E-state index in [9.17, 15) is 0 Å². The van der Waals surface area contributed by atoms with E-state index in [0.717, 1.165) is 30.5 Å². The average Bonchev–Trinajstić information content (AvgIpc) is 2.35. The third-order valence-corrected chi connectivity index (χ3v) is 3.59. The van der Waals surface area contributed by atoms with Crippen molar-refractivity contribution >= 4 is 17.6 Å². The van der Waals surface area contributed by atoms with Crippen molar-refractivity contribution in [1.82, 2.24) is 9.97 Å². The van der Waals surface area contributed by atoms with Crippen molar-refractivity contribution < 1.29 is 0 Å². The number of nitrogens with one attached hydrogen (secondary N) is 2. The normalized spacial score (nSPS) is 23.1. The van der Waals surface area contributed by atoms with Crippen molar-refractivity contribution in [2.75, 3.05) is 22.9 Å². The van der Waals surface area contributed by atoms with Crippen LogP contribution in [0.1, 0.15) is 46.0 Å². The van der Waals surface area contributed by atoms with E-state index < -0.39 is 0 Å². The molecule has 5 heteroatoms. The van der Waals surface area contributed by atoms with E-state index in [2.05, 4.69) is 34.4 Å². The van der Waals surface area contributed by atoms with Crippen LogP contribution in [0.2, 0.25) is 0 Å². The first-order valence-electron chi connectivity index (χ1n) is 7.32. The first kappa shape index (κ1) is 13.9. The molecule has 19 heavy (non-hydrogen) atoms. The van der Waals surface area contributed by atoms with Crippen LogP contribution >= 0.6 is 0 Å². The lowest BCUT2D eigenvalue weighted by Crippen LogP contribution is -2.26. The van der Waals surface area contributed by atoms with Gasteiger partial charge < -0.3 is 16.4 Å². The van der Waals surface area contributed by atoms with Gasteiger partial charge in [-0.1, -0.05) is 26.7 Å². The molecule has 4 N–H and O–H groups in total. The van der Waals surface area contributed by atoms with Crippen LogP contribution in [-0.4, -0.2) is 22.6 Å². The summed E-state index contributed by atoms with van der Waals surface area (Å²) < 4.78 is 0. The number of anilines is 3. The predicted molar refractivity (Wildman–Crippen MR) is 80.3 cm³/mol. The summed E-state index contributed by atoms with van der Waals surface area (Å²) in [6.07, 6.45) is 6.12. The average molecular weight is 263 g/mol. The summed E-state index contributed by atoms with van der Waals surface area (Å²) in [7, 11) is 0. The van der Waals surface area contributed by atoms with Gasteiger partial charge >= 0.3 is 0 Å². The first-order chi connectivity index (χ1) is 9.17. The fourth-order valence-corrected chi connectivity index (χ4v) is 2.66. The zero-order valence-corrected chi connectivity index (χ0v) is 11.9. The molecule has 2 atom stereocenters. The van der Waals surface area contributed by atoms with E-state index in [1.165, 1.54) is 25.7 Å². The molecule has 0 amide bonds. The number of hydrogen-bond acceptors (Lipinski definition) is 5. The van der Waals surface area contributed by atoms with E-state index in [4.69, 9.17) is 5.73 Å². The zero-order chi connectivity index (χ0) is 13.7. The van der Waals surface area contributed by atoms with Gasteiger partial charge in [0.2, 0.25) is 5.95 Å². The Morgan fingerprint density at radius 3 is 2.84 bits per heavy atom. The lowest BCUT2D eigenvalue weighted by atomic mass is 9.87. The SMILES string of the molecule is CCCNc1cc(NC2CCCC(C)C2)nc(N)n1. The van der Waals surface area contributed by atoms with Gasteiger partial charge in [0.05, 0.1) is 0 Å². The van der Waals surface area contributed by atoms with E-state index in [-0.39, 0.29) is 0 Å². The Bertz CT molecular complexity index is 407. The van der Waals surface area contributed by atoms with Crippen LogP contribution in [0.3, 0.4) is 0 Å². The van der Waals surface area contributed by atoms with Crippen LogP contribution in [0.25, 0.3) is 0 Å². The molecule has 1 aromatic rings. The molecule has 0 bridgehead atoms. The van der Waals surface area contributed by atoms with Crippen molar-refractivity contribution in [2.24, 2.45) is 5.92 Å². The molecule has 1 aliphatic carbocycles. The smallest absolute Gasteiger partial charge is 0.223 e. The van der Waals surface area contributed by atoms with Crippen molar-refractivity contribution in [1.29, 1.82) is 0 Å². The first-order valence-corrected chi connectivity index (χ1v) is 7.32. The quantitative estimate of drug-likeness (QED) is 0.761. The number of aromatic nitrogens is 2. The van der Waals surface area contributed by atoms with Crippen molar-refractivity contribution in [2.45, 2.75) is 52.0 Å². The highest BCUT2D eigenvalue weighted by Gasteiger charge is 2.19. The van der Waals surface area contributed by atoms with Crippen LogP contribution in [0.4, 0.5) is 17.6 Å². The molecule has 2 rings (SSSR count). The highest BCUT2D eigenvalue weighted by molar-refractivity contribution is 5.51. The molecule has 1 heterocycles. The fraction of sp³-hybridized carbons (Fsp3) is 0.714. The lowest BCUT2D eigenvalue weighted by molar-refractivity contribution is 0.358. The molecule has 0 radical (unpaired) electrons. The minimum Gasteiger partial charge on any atom is -0.370 e. The van der Waals surface area contributed by atoms with E-state index in [0.29, 0.717) is 12.0 Å². The zero-order valence-electron chi connectivity index (χ0n) is 11.9. The van der Waals surface area contributed by atoms with Crippen LogP contribution in [-0.2, 0) is 0 Å². The van der Waals surface area contributed by atoms with Crippen LogP contribution in [0.5, 0.6) is 0 Å². The second-order valence-corrected chi connectivity index (χ2v) is 5.54. The molecule has 1 fully saturated rings. The maximum Gasteiger partial charge on any atom is 0.223 e. The third kappa shape index (κ3) is 4.26. The Kier molecular flexibility index (Phi) is 4.82. The van der Waals surface area contributed by atoms with Gasteiger partial charge in [-0.05, 0) is 25.2 Å². The Morgan fingerprint density at radius 1 is 1.32 bits per heavy atom. The van der Waals surface area contributed by atoms with Crippen LogP contribution in [0, 0.1) is 5.92 Å². The summed E-state index contributed by atoms with van der Waals surface area (Å²) in [6, 6.07) is 2.46.